The fourth-order valence-electron chi connectivity index (χ4n) is 1.46. The lowest BCUT2D eigenvalue weighted by molar-refractivity contribution is 0.598. The second-order valence-corrected chi connectivity index (χ2v) is 6.83. The van der Waals surface area contributed by atoms with Crippen LogP contribution in [-0.2, 0) is 10.0 Å². The van der Waals surface area contributed by atoms with Crippen molar-refractivity contribution in [2.24, 2.45) is 0 Å². The van der Waals surface area contributed by atoms with E-state index in [1.54, 1.807) is 0 Å². The van der Waals surface area contributed by atoms with Gasteiger partial charge in [0.2, 0.25) is 0 Å². The van der Waals surface area contributed by atoms with E-state index in [2.05, 4.69) is 20.7 Å². The summed E-state index contributed by atoms with van der Waals surface area (Å²) in [6, 6.07) is 7.99. The molecule has 106 valence electrons. The predicted octanol–water partition coefficient (Wildman–Crippen LogP) is 3.62. The molecule has 8 heteroatoms. The van der Waals surface area contributed by atoms with Crippen LogP contribution in [0.5, 0.6) is 0 Å². The number of hydrogen-bond donors (Lipinski definition) is 2. The summed E-state index contributed by atoms with van der Waals surface area (Å²) in [7, 11) is -3.96. The number of nitrogens with one attached hydrogen (secondary N) is 1. The Kier molecular flexibility index (Phi) is 4.22. The van der Waals surface area contributed by atoms with E-state index in [0.717, 1.165) is 6.07 Å². The second kappa shape index (κ2) is 5.59. The van der Waals surface area contributed by atoms with Crippen LogP contribution in [0.2, 0.25) is 5.02 Å². The molecular formula is C12H9BrClFN2O2S. The van der Waals surface area contributed by atoms with Crippen LogP contribution in [0.3, 0.4) is 0 Å². The first kappa shape index (κ1) is 15.1. The van der Waals surface area contributed by atoms with Crippen molar-refractivity contribution in [3.05, 3.63) is 51.7 Å². The zero-order valence-electron chi connectivity index (χ0n) is 9.90. The average molecular weight is 380 g/mol. The first-order chi connectivity index (χ1) is 9.31. The number of benzene rings is 2. The van der Waals surface area contributed by atoms with E-state index in [0.29, 0.717) is 4.47 Å². The van der Waals surface area contributed by atoms with Crippen LogP contribution in [0.15, 0.2) is 45.8 Å². The van der Waals surface area contributed by atoms with E-state index >= 15 is 0 Å². The topological polar surface area (TPSA) is 72.2 Å². The van der Waals surface area contributed by atoms with Gasteiger partial charge in [0, 0.05) is 4.47 Å². The van der Waals surface area contributed by atoms with Crippen molar-refractivity contribution in [1.82, 2.24) is 0 Å². The minimum Gasteiger partial charge on any atom is -0.398 e. The second-order valence-electron chi connectivity index (χ2n) is 3.89. The van der Waals surface area contributed by atoms with E-state index in [4.69, 9.17) is 17.3 Å². The Bertz CT molecular complexity index is 748. The molecule has 0 aromatic heterocycles. The van der Waals surface area contributed by atoms with Crippen molar-refractivity contribution in [3.8, 4) is 0 Å². The van der Waals surface area contributed by atoms with Gasteiger partial charge in [-0.15, -0.1) is 0 Å². The van der Waals surface area contributed by atoms with E-state index in [-0.39, 0.29) is 21.3 Å². The molecule has 0 aliphatic rings. The van der Waals surface area contributed by atoms with Gasteiger partial charge in [0.1, 0.15) is 5.82 Å². The third-order valence-corrected chi connectivity index (χ3v) is 4.82. The van der Waals surface area contributed by atoms with Crippen LogP contribution in [0.1, 0.15) is 0 Å². The lowest BCUT2D eigenvalue weighted by Gasteiger charge is -2.11. The standard InChI is InChI=1S/C12H9BrClFN2O2S/c13-8-2-1-3-10(15)12(8)17-20(18,19)7-4-5-11(16)9(14)6-7/h1-6,17H,16H2. The third-order valence-electron chi connectivity index (χ3n) is 2.48. The van der Waals surface area contributed by atoms with E-state index < -0.39 is 15.8 Å². The maximum Gasteiger partial charge on any atom is 0.262 e. The number of halogens is 3. The largest absolute Gasteiger partial charge is 0.398 e. The molecule has 0 amide bonds. The van der Waals surface area contributed by atoms with Gasteiger partial charge in [-0.25, -0.2) is 12.8 Å². The molecule has 0 radical (unpaired) electrons. The molecule has 0 unspecified atom stereocenters. The molecule has 0 atom stereocenters. The lowest BCUT2D eigenvalue weighted by atomic mass is 10.3. The number of nitrogens with two attached hydrogens (primary N) is 1. The molecule has 0 saturated heterocycles. The van der Waals surface area contributed by atoms with Crippen molar-refractivity contribution < 1.29 is 12.8 Å². The van der Waals surface area contributed by atoms with Gasteiger partial charge in [0.15, 0.2) is 0 Å². The molecular weight excluding hydrogens is 371 g/mol. The maximum atomic E-state index is 13.6. The molecule has 3 N–H and O–H groups in total. The fourth-order valence-corrected chi connectivity index (χ4v) is 3.40. The van der Waals surface area contributed by atoms with Gasteiger partial charge in [0.25, 0.3) is 10.0 Å². The Morgan fingerprint density at radius 3 is 2.55 bits per heavy atom. The van der Waals surface area contributed by atoms with Gasteiger partial charge in [-0.05, 0) is 46.3 Å². The van der Waals surface area contributed by atoms with Crippen LogP contribution in [0, 0.1) is 5.82 Å². The van der Waals surface area contributed by atoms with Crippen molar-refractivity contribution in [1.29, 1.82) is 0 Å². The fraction of sp³-hybridized carbons (Fsp3) is 0. The SMILES string of the molecule is Nc1ccc(S(=O)(=O)Nc2c(F)cccc2Br)cc1Cl. The Balaban J connectivity index is 2.43. The van der Waals surface area contributed by atoms with Crippen LogP contribution >= 0.6 is 27.5 Å². The molecule has 0 saturated carbocycles. The molecule has 0 aliphatic heterocycles. The first-order valence-corrected chi connectivity index (χ1v) is 7.98. The summed E-state index contributed by atoms with van der Waals surface area (Å²) in [6.45, 7) is 0. The molecule has 2 rings (SSSR count). The van der Waals surface area contributed by atoms with Gasteiger partial charge < -0.3 is 5.73 Å². The Labute approximate surface area is 128 Å². The number of para-hydroxylation sites is 1. The number of rotatable bonds is 3. The zero-order valence-corrected chi connectivity index (χ0v) is 13.1. The molecule has 4 nitrogen and oxygen atoms in total. The predicted molar refractivity (Wildman–Crippen MR) is 80.8 cm³/mol. The van der Waals surface area contributed by atoms with E-state index in [9.17, 15) is 12.8 Å². The van der Waals surface area contributed by atoms with Crippen LogP contribution in [-0.4, -0.2) is 8.42 Å². The molecule has 2 aromatic rings. The minimum atomic E-state index is -3.96. The maximum absolute atomic E-state index is 13.6. The zero-order chi connectivity index (χ0) is 14.9. The van der Waals surface area contributed by atoms with Crippen molar-refractivity contribution in [2.45, 2.75) is 4.90 Å². The van der Waals surface area contributed by atoms with E-state index in [1.807, 2.05) is 0 Å². The van der Waals surface area contributed by atoms with Crippen molar-refractivity contribution in [2.75, 3.05) is 10.5 Å². The molecule has 2 aromatic carbocycles. The quantitative estimate of drug-likeness (QED) is 0.800. The van der Waals surface area contributed by atoms with Crippen LogP contribution < -0.4 is 10.5 Å². The molecule has 0 bridgehead atoms. The smallest absolute Gasteiger partial charge is 0.262 e. The summed E-state index contributed by atoms with van der Waals surface area (Å²) >= 11 is 8.87. The summed E-state index contributed by atoms with van der Waals surface area (Å²) < 4.78 is 40.4. The highest BCUT2D eigenvalue weighted by Gasteiger charge is 2.19. The van der Waals surface area contributed by atoms with Gasteiger partial charge in [-0.1, -0.05) is 17.7 Å². The van der Waals surface area contributed by atoms with Gasteiger partial charge in [-0.3, -0.25) is 4.72 Å². The Morgan fingerprint density at radius 2 is 1.95 bits per heavy atom. The van der Waals surface area contributed by atoms with Crippen molar-refractivity contribution in [3.63, 3.8) is 0 Å². The van der Waals surface area contributed by atoms with Crippen molar-refractivity contribution >= 4 is 48.9 Å². The minimum absolute atomic E-state index is 0.105. The molecule has 0 heterocycles. The highest BCUT2D eigenvalue weighted by Crippen LogP contribution is 2.29. The van der Waals surface area contributed by atoms with Crippen LogP contribution in [0.4, 0.5) is 15.8 Å². The first-order valence-electron chi connectivity index (χ1n) is 5.33. The lowest BCUT2D eigenvalue weighted by Crippen LogP contribution is -2.14. The Morgan fingerprint density at radius 1 is 1.25 bits per heavy atom. The third kappa shape index (κ3) is 3.05. The van der Waals surface area contributed by atoms with Gasteiger partial charge >= 0.3 is 0 Å². The number of nitrogen functional groups attached to an aromatic ring is 1. The van der Waals surface area contributed by atoms with Crippen LogP contribution in [0.25, 0.3) is 0 Å². The molecule has 0 spiro atoms. The van der Waals surface area contributed by atoms with Gasteiger partial charge in [0.05, 0.1) is 21.3 Å². The normalized spacial score (nSPS) is 11.3. The highest BCUT2D eigenvalue weighted by atomic mass is 79.9. The monoisotopic (exact) mass is 378 g/mol. The molecule has 20 heavy (non-hydrogen) atoms. The molecule has 0 aliphatic carbocycles. The number of hydrogen-bond acceptors (Lipinski definition) is 3. The summed E-state index contributed by atoms with van der Waals surface area (Å²) in [4.78, 5) is -0.105. The summed E-state index contributed by atoms with van der Waals surface area (Å²) in [5.74, 6) is -0.690. The van der Waals surface area contributed by atoms with E-state index in [1.165, 1.54) is 30.3 Å². The average Bonchev–Trinajstić information content (AvgIpc) is 2.37. The summed E-state index contributed by atoms with van der Waals surface area (Å²) in [6.07, 6.45) is 0. The Hall–Kier alpha value is -1.31. The summed E-state index contributed by atoms with van der Waals surface area (Å²) in [5.41, 5.74) is 5.61. The number of sulfonamides is 1. The van der Waals surface area contributed by atoms with Gasteiger partial charge in [-0.2, -0.15) is 0 Å². The molecule has 0 fully saturated rings. The number of anilines is 2. The highest BCUT2D eigenvalue weighted by molar-refractivity contribution is 9.10. The summed E-state index contributed by atoms with van der Waals surface area (Å²) in [5, 5.41) is 0.112.